The highest BCUT2D eigenvalue weighted by molar-refractivity contribution is 9.10. The van der Waals surface area contributed by atoms with E-state index in [1.807, 2.05) is 12.1 Å². The van der Waals surface area contributed by atoms with Crippen LogP contribution in [0.3, 0.4) is 0 Å². The van der Waals surface area contributed by atoms with Crippen molar-refractivity contribution < 1.29 is 9.31 Å². The Balaban J connectivity index is 2.22. The molecule has 0 aliphatic carbocycles. The Hall–Kier alpha value is -0.825. The molecule has 0 spiro atoms. The molecule has 1 saturated heterocycles. The van der Waals surface area contributed by atoms with Crippen LogP contribution in [0, 0.1) is 16.7 Å². The monoisotopic (exact) mass is 293 g/mol. The quantitative estimate of drug-likeness (QED) is 0.745. The van der Waals surface area contributed by atoms with Gasteiger partial charge in [-0.15, -0.1) is 0 Å². The lowest BCUT2D eigenvalue weighted by molar-refractivity contribution is 0.0342. The highest BCUT2D eigenvalue weighted by atomic mass is 79.9. The molecule has 0 unspecified atom stereocenters. The lowest BCUT2D eigenvalue weighted by atomic mass is 9.75. The highest BCUT2D eigenvalue weighted by Gasteiger charge is 2.34. The van der Waals surface area contributed by atoms with E-state index in [0.717, 1.165) is 9.94 Å². The van der Waals surface area contributed by atoms with Crippen molar-refractivity contribution in [3.05, 3.63) is 28.2 Å². The van der Waals surface area contributed by atoms with Crippen molar-refractivity contribution in [1.82, 2.24) is 0 Å². The second-order valence-corrected chi connectivity index (χ2v) is 5.73. The average Bonchev–Trinajstić information content (AvgIpc) is 2.30. The number of hydrogen-bond donors (Lipinski definition) is 0. The Labute approximate surface area is 110 Å². The summed E-state index contributed by atoms with van der Waals surface area (Å²) in [5, 5.41) is 8.96. The number of benzene rings is 1. The first kappa shape index (κ1) is 12.6. The summed E-state index contributed by atoms with van der Waals surface area (Å²) in [4.78, 5) is 0. The molecule has 3 nitrogen and oxygen atoms in total. The maximum Gasteiger partial charge on any atom is 0.495 e. The van der Waals surface area contributed by atoms with E-state index in [0.29, 0.717) is 18.8 Å². The van der Waals surface area contributed by atoms with Crippen LogP contribution >= 0.6 is 15.9 Å². The normalized spacial score (nSPS) is 18.8. The van der Waals surface area contributed by atoms with Crippen molar-refractivity contribution in [2.24, 2.45) is 5.41 Å². The van der Waals surface area contributed by atoms with Gasteiger partial charge < -0.3 is 9.31 Å². The summed E-state index contributed by atoms with van der Waals surface area (Å²) in [7, 11) is -0.384. The molecule has 1 heterocycles. The molecule has 1 aliphatic heterocycles. The predicted octanol–water partition coefficient (Wildman–Crippen LogP) is 2.09. The topological polar surface area (TPSA) is 42.2 Å². The van der Waals surface area contributed by atoms with Crippen molar-refractivity contribution in [3.8, 4) is 6.07 Å². The summed E-state index contributed by atoms with van der Waals surface area (Å²) in [5.41, 5.74) is 1.52. The molecular weight excluding hydrogens is 281 g/mol. The third-order valence-electron chi connectivity index (χ3n) is 2.65. The zero-order chi connectivity index (χ0) is 12.5. The fraction of sp³-hybridized carbons (Fsp3) is 0.417. The molecule has 1 aromatic rings. The van der Waals surface area contributed by atoms with E-state index in [1.165, 1.54) is 0 Å². The molecule has 1 fully saturated rings. The fourth-order valence-electron chi connectivity index (χ4n) is 1.69. The van der Waals surface area contributed by atoms with Gasteiger partial charge >= 0.3 is 7.12 Å². The summed E-state index contributed by atoms with van der Waals surface area (Å²) in [6, 6.07) is 7.65. The van der Waals surface area contributed by atoms with Gasteiger partial charge in [-0.05, 0) is 27.5 Å². The minimum Gasteiger partial charge on any atom is -0.407 e. The van der Waals surface area contributed by atoms with Gasteiger partial charge in [-0.2, -0.15) is 5.26 Å². The molecule has 0 N–H and O–H groups in total. The van der Waals surface area contributed by atoms with E-state index in [-0.39, 0.29) is 12.5 Å². The van der Waals surface area contributed by atoms with Gasteiger partial charge in [0, 0.05) is 23.1 Å². The molecular formula is C12H13BBrNO2. The van der Waals surface area contributed by atoms with Gasteiger partial charge in [0.25, 0.3) is 0 Å². The van der Waals surface area contributed by atoms with E-state index in [2.05, 4.69) is 35.8 Å². The zero-order valence-electron chi connectivity index (χ0n) is 9.87. The summed E-state index contributed by atoms with van der Waals surface area (Å²) in [6.45, 7) is 5.51. The van der Waals surface area contributed by atoms with E-state index >= 15 is 0 Å². The summed E-state index contributed by atoms with van der Waals surface area (Å²) in [6.07, 6.45) is 0. The largest absolute Gasteiger partial charge is 0.495 e. The van der Waals surface area contributed by atoms with Gasteiger partial charge in [0.15, 0.2) is 0 Å². The number of hydrogen-bond acceptors (Lipinski definition) is 3. The third-order valence-corrected chi connectivity index (χ3v) is 3.54. The molecule has 88 valence electrons. The summed E-state index contributed by atoms with van der Waals surface area (Å²) < 4.78 is 12.2. The van der Waals surface area contributed by atoms with Gasteiger partial charge in [0.1, 0.15) is 6.07 Å². The number of halogens is 1. The minimum atomic E-state index is -0.384. The molecule has 1 aromatic carbocycles. The molecule has 0 bridgehead atoms. The van der Waals surface area contributed by atoms with E-state index < -0.39 is 0 Å². The van der Waals surface area contributed by atoms with Crippen LogP contribution in [-0.2, 0) is 9.31 Å². The zero-order valence-corrected chi connectivity index (χ0v) is 11.5. The van der Waals surface area contributed by atoms with Gasteiger partial charge in [0.2, 0.25) is 0 Å². The van der Waals surface area contributed by atoms with Crippen LogP contribution in [-0.4, -0.2) is 20.3 Å². The maximum absolute atomic E-state index is 8.96. The van der Waals surface area contributed by atoms with Crippen LogP contribution in [0.5, 0.6) is 0 Å². The lowest BCUT2D eigenvalue weighted by Crippen LogP contribution is -2.47. The Morgan fingerprint density at radius 3 is 2.59 bits per heavy atom. The van der Waals surface area contributed by atoms with Crippen LogP contribution in [0.2, 0.25) is 0 Å². The number of nitrogens with zero attached hydrogens (tertiary/aromatic N) is 1. The van der Waals surface area contributed by atoms with Crippen LogP contribution in [0.1, 0.15) is 19.4 Å². The van der Waals surface area contributed by atoms with E-state index in [1.54, 1.807) is 6.07 Å². The Morgan fingerprint density at radius 2 is 2.00 bits per heavy atom. The summed E-state index contributed by atoms with van der Waals surface area (Å²) >= 11 is 3.42. The second-order valence-electron chi connectivity index (χ2n) is 4.94. The lowest BCUT2D eigenvalue weighted by Gasteiger charge is -2.33. The fourth-order valence-corrected chi connectivity index (χ4v) is 2.23. The van der Waals surface area contributed by atoms with Crippen molar-refractivity contribution in [3.63, 3.8) is 0 Å². The van der Waals surface area contributed by atoms with Gasteiger partial charge in [0.05, 0.1) is 5.56 Å². The first-order chi connectivity index (χ1) is 8.03. The molecule has 17 heavy (non-hydrogen) atoms. The van der Waals surface area contributed by atoms with Crippen LogP contribution in [0.4, 0.5) is 0 Å². The van der Waals surface area contributed by atoms with Crippen molar-refractivity contribution in [1.29, 1.82) is 5.26 Å². The SMILES string of the molecule is CC1(C)COB(c2cccc(C#N)c2Br)OC1. The van der Waals surface area contributed by atoms with Crippen LogP contribution < -0.4 is 5.46 Å². The van der Waals surface area contributed by atoms with Gasteiger partial charge in [-0.3, -0.25) is 0 Å². The third kappa shape index (κ3) is 2.71. The molecule has 0 atom stereocenters. The minimum absolute atomic E-state index is 0.0514. The van der Waals surface area contributed by atoms with Crippen LogP contribution in [0.15, 0.2) is 22.7 Å². The van der Waals surface area contributed by atoms with Crippen molar-refractivity contribution in [2.45, 2.75) is 13.8 Å². The number of nitriles is 1. The highest BCUT2D eigenvalue weighted by Crippen LogP contribution is 2.23. The molecule has 5 heteroatoms. The molecule has 0 aromatic heterocycles. The second kappa shape index (κ2) is 4.81. The van der Waals surface area contributed by atoms with Gasteiger partial charge in [-0.1, -0.05) is 26.0 Å². The molecule has 0 radical (unpaired) electrons. The molecule has 0 saturated carbocycles. The standard InChI is InChI=1S/C12H13BBrNO2/c1-12(2)7-16-13(17-8-12)10-5-3-4-9(6-15)11(10)14/h3-5H,7-8H2,1-2H3. The van der Waals surface area contributed by atoms with Gasteiger partial charge in [-0.25, -0.2) is 0 Å². The average molecular weight is 294 g/mol. The molecule has 2 rings (SSSR count). The number of rotatable bonds is 1. The molecule has 1 aliphatic rings. The Morgan fingerprint density at radius 1 is 1.35 bits per heavy atom. The molecule has 0 amide bonds. The predicted molar refractivity (Wildman–Crippen MR) is 69.9 cm³/mol. The Bertz CT molecular complexity index is 460. The first-order valence-corrected chi connectivity index (χ1v) is 6.24. The first-order valence-electron chi connectivity index (χ1n) is 5.45. The van der Waals surface area contributed by atoms with Crippen molar-refractivity contribution >= 4 is 28.5 Å². The van der Waals surface area contributed by atoms with Crippen LogP contribution in [0.25, 0.3) is 0 Å². The van der Waals surface area contributed by atoms with E-state index in [4.69, 9.17) is 14.6 Å². The maximum atomic E-state index is 8.96. The van der Waals surface area contributed by atoms with Crippen molar-refractivity contribution in [2.75, 3.05) is 13.2 Å². The summed E-state index contributed by atoms with van der Waals surface area (Å²) in [5.74, 6) is 0. The smallest absolute Gasteiger partial charge is 0.407 e. The van der Waals surface area contributed by atoms with E-state index in [9.17, 15) is 0 Å². The Kier molecular flexibility index (Phi) is 3.57.